The fourth-order valence-electron chi connectivity index (χ4n) is 1.14. The molecule has 0 aliphatic heterocycles. The molecule has 0 amide bonds. The maximum Gasteiger partial charge on any atom is 0.0276 e. The molecule has 0 radical (unpaired) electrons. The van der Waals surface area contributed by atoms with Gasteiger partial charge >= 0.3 is 0 Å². The molecule has 0 atom stereocenters. The highest BCUT2D eigenvalue weighted by atomic mass is 14.5. The number of allylic oxidation sites excluding steroid dienone is 2. The number of benzene rings is 1. The summed E-state index contributed by atoms with van der Waals surface area (Å²) in [5.41, 5.74) is 7.69. The van der Waals surface area contributed by atoms with Crippen molar-refractivity contribution in [3.05, 3.63) is 46.0 Å². The highest BCUT2D eigenvalue weighted by Gasteiger charge is 1.85. The maximum absolute atomic E-state index is 5.69. The maximum atomic E-state index is 5.69. The van der Waals surface area contributed by atoms with Crippen LogP contribution in [-0.2, 0) is 0 Å². The van der Waals surface area contributed by atoms with Gasteiger partial charge in [-0.3, -0.25) is 0 Å². The van der Waals surface area contributed by atoms with E-state index in [1.165, 1.54) is 5.56 Å². The summed E-state index contributed by atoms with van der Waals surface area (Å²) in [5.74, 6) is 0. The van der Waals surface area contributed by atoms with Crippen LogP contribution < -0.4 is 16.2 Å². The largest absolute Gasteiger partial charge is 0.399 e. The van der Waals surface area contributed by atoms with E-state index in [0.29, 0.717) is 0 Å². The zero-order chi connectivity index (χ0) is 11.8. The van der Waals surface area contributed by atoms with Gasteiger partial charge in [0.25, 0.3) is 0 Å². The van der Waals surface area contributed by atoms with Crippen LogP contribution >= 0.6 is 0 Å². The van der Waals surface area contributed by atoms with Gasteiger partial charge in [-0.25, -0.2) is 0 Å². The third kappa shape index (κ3) is 4.50. The van der Waals surface area contributed by atoms with Gasteiger partial charge in [0.1, 0.15) is 0 Å². The van der Waals surface area contributed by atoms with Crippen LogP contribution in [0.5, 0.6) is 0 Å². The highest BCUT2D eigenvalue weighted by Crippen LogP contribution is 1.87. The number of hydrogen-bond donors (Lipinski definition) is 1. The summed E-state index contributed by atoms with van der Waals surface area (Å²) in [7, 11) is 0. The van der Waals surface area contributed by atoms with Crippen LogP contribution in [-0.4, -0.2) is 0 Å². The molecule has 0 aromatic heterocycles. The molecule has 0 saturated heterocycles. The van der Waals surface area contributed by atoms with Crippen LogP contribution in [0, 0.1) is 6.92 Å². The fourth-order valence-corrected chi connectivity index (χ4v) is 1.14. The Balaban J connectivity index is 0.000000921. The van der Waals surface area contributed by atoms with Crippen LogP contribution in [0.25, 0.3) is 12.7 Å². The van der Waals surface area contributed by atoms with Gasteiger partial charge in [-0.15, -0.1) is 0 Å². The van der Waals surface area contributed by atoms with E-state index < -0.39 is 0 Å². The van der Waals surface area contributed by atoms with E-state index in [1.54, 1.807) is 0 Å². The van der Waals surface area contributed by atoms with Gasteiger partial charge in [0.05, 0.1) is 0 Å². The summed E-state index contributed by atoms with van der Waals surface area (Å²) >= 11 is 0. The lowest BCUT2D eigenvalue weighted by Gasteiger charge is -1.93. The second-order valence-corrected chi connectivity index (χ2v) is 3.14. The third-order valence-corrected chi connectivity index (χ3v) is 1.95. The van der Waals surface area contributed by atoms with Gasteiger partial charge in [-0.2, -0.15) is 0 Å². The van der Waals surface area contributed by atoms with Gasteiger partial charge < -0.3 is 5.73 Å². The van der Waals surface area contributed by atoms with Gasteiger partial charge in [0, 0.05) is 5.70 Å². The molecule has 1 nitrogen and oxygen atoms in total. The zero-order valence-electron chi connectivity index (χ0n) is 10.2. The topological polar surface area (TPSA) is 26.0 Å². The summed E-state index contributed by atoms with van der Waals surface area (Å²) in [5, 5.41) is 2.10. The average Bonchev–Trinajstić information content (AvgIpc) is 2.25. The average molecular weight is 203 g/mol. The lowest BCUT2D eigenvalue weighted by molar-refractivity contribution is 1.38. The van der Waals surface area contributed by atoms with E-state index in [1.807, 2.05) is 39.0 Å². The standard InChI is InChI=1S/C12H15N.C2H6/c1-4-12(13)8-11-6-5-9(2)7-10(11)3;1-2/h4-8H,3,13H2,1-2H3;1-2H3/b11-8-,12-4+;. The molecule has 1 rings (SSSR count). The summed E-state index contributed by atoms with van der Waals surface area (Å²) in [4.78, 5) is 0. The van der Waals surface area contributed by atoms with Gasteiger partial charge in [0.2, 0.25) is 0 Å². The van der Waals surface area contributed by atoms with Crippen LogP contribution in [0.3, 0.4) is 0 Å². The molecule has 0 aliphatic carbocycles. The SMILES string of the molecule is C=c1cc(C)cc/c1=C/C(N)=C\C.CC. The number of hydrogen-bond acceptors (Lipinski definition) is 1. The second kappa shape index (κ2) is 6.88. The monoisotopic (exact) mass is 203 g/mol. The minimum absolute atomic E-state index is 0.772. The van der Waals surface area contributed by atoms with E-state index >= 15 is 0 Å². The minimum atomic E-state index is 0.772. The van der Waals surface area contributed by atoms with Crippen LogP contribution in [0.4, 0.5) is 0 Å². The van der Waals surface area contributed by atoms with E-state index in [-0.39, 0.29) is 0 Å². The van der Waals surface area contributed by atoms with Gasteiger partial charge in [-0.05, 0) is 30.4 Å². The first-order valence-corrected chi connectivity index (χ1v) is 5.32. The molecule has 1 aromatic carbocycles. The number of rotatable bonds is 1. The summed E-state index contributed by atoms with van der Waals surface area (Å²) in [6.45, 7) is 11.9. The quantitative estimate of drug-likeness (QED) is 0.743. The Morgan fingerprint density at radius 2 is 1.93 bits per heavy atom. The highest BCUT2D eigenvalue weighted by molar-refractivity contribution is 5.44. The molecule has 1 aromatic rings. The predicted octanol–water partition coefficient (Wildman–Crippen LogP) is 2.07. The van der Waals surface area contributed by atoms with Crippen molar-refractivity contribution < 1.29 is 0 Å². The van der Waals surface area contributed by atoms with E-state index in [2.05, 4.69) is 25.6 Å². The molecule has 0 spiro atoms. The normalized spacial score (nSPS) is 12.0. The second-order valence-electron chi connectivity index (χ2n) is 3.14. The molecule has 0 saturated carbocycles. The van der Waals surface area contributed by atoms with Crippen molar-refractivity contribution in [2.75, 3.05) is 0 Å². The van der Waals surface area contributed by atoms with Gasteiger partial charge in [0.15, 0.2) is 0 Å². The van der Waals surface area contributed by atoms with Crippen molar-refractivity contribution in [2.45, 2.75) is 27.7 Å². The third-order valence-electron chi connectivity index (χ3n) is 1.95. The van der Waals surface area contributed by atoms with Crippen molar-refractivity contribution in [1.82, 2.24) is 0 Å². The van der Waals surface area contributed by atoms with Crippen LogP contribution in [0.1, 0.15) is 26.3 Å². The van der Waals surface area contributed by atoms with E-state index in [9.17, 15) is 0 Å². The molecule has 0 aliphatic rings. The minimum Gasteiger partial charge on any atom is -0.399 e. The van der Waals surface area contributed by atoms with Crippen molar-refractivity contribution in [1.29, 1.82) is 0 Å². The molecule has 2 N–H and O–H groups in total. The Morgan fingerprint density at radius 3 is 2.40 bits per heavy atom. The van der Waals surface area contributed by atoms with Crippen LogP contribution in [0.2, 0.25) is 0 Å². The predicted molar refractivity (Wildman–Crippen MR) is 69.7 cm³/mol. The lowest BCUT2D eigenvalue weighted by Crippen LogP contribution is -2.23. The molecule has 15 heavy (non-hydrogen) atoms. The van der Waals surface area contributed by atoms with Crippen LogP contribution in [0.15, 0.2) is 30.0 Å². The number of nitrogens with two attached hydrogens (primary N) is 1. The Hall–Kier alpha value is -1.50. The summed E-state index contributed by atoms with van der Waals surface area (Å²) < 4.78 is 0. The molecular formula is C14H21N. The molecule has 0 bridgehead atoms. The Bertz CT molecular complexity index is 427. The van der Waals surface area contributed by atoms with E-state index in [0.717, 1.165) is 16.1 Å². The first-order valence-electron chi connectivity index (χ1n) is 5.32. The molecule has 0 fully saturated rings. The molecule has 82 valence electrons. The van der Waals surface area contributed by atoms with Crippen molar-refractivity contribution in [3.8, 4) is 0 Å². The van der Waals surface area contributed by atoms with Gasteiger partial charge in [-0.1, -0.05) is 50.3 Å². The number of aryl methyl sites for hydroxylation is 1. The Labute approximate surface area is 92.6 Å². The molecule has 1 heteroatoms. The van der Waals surface area contributed by atoms with E-state index in [4.69, 9.17) is 5.73 Å². The van der Waals surface area contributed by atoms with Crippen molar-refractivity contribution in [2.24, 2.45) is 5.73 Å². The summed E-state index contributed by atoms with van der Waals surface area (Å²) in [6.07, 6.45) is 3.81. The molecular weight excluding hydrogens is 182 g/mol. The fraction of sp³-hybridized carbons (Fsp3) is 0.286. The molecule has 0 heterocycles. The lowest BCUT2D eigenvalue weighted by atomic mass is 10.1. The summed E-state index contributed by atoms with van der Waals surface area (Å²) in [6, 6.07) is 6.15. The Morgan fingerprint density at radius 1 is 1.33 bits per heavy atom. The molecule has 0 unspecified atom stereocenters. The van der Waals surface area contributed by atoms with Crippen molar-refractivity contribution in [3.63, 3.8) is 0 Å². The smallest absolute Gasteiger partial charge is 0.0276 e. The Kier molecular flexibility index (Phi) is 6.19. The first-order chi connectivity index (χ1) is 7.13. The van der Waals surface area contributed by atoms with Crippen molar-refractivity contribution >= 4 is 12.7 Å². The zero-order valence-corrected chi connectivity index (χ0v) is 10.2. The first kappa shape index (κ1) is 13.5.